The number of ether oxygens (including phenoxy) is 1. The Labute approximate surface area is 163 Å². The molecule has 0 spiro atoms. The molecule has 0 radical (unpaired) electrons. The third-order valence-corrected chi connectivity index (χ3v) is 4.64. The van der Waals surface area contributed by atoms with E-state index in [4.69, 9.17) is 0 Å². The molecule has 0 aromatic heterocycles. The molecule has 0 saturated carbocycles. The minimum atomic E-state index is -0.710. The number of amides is 2. The standard InChI is InChI=1S/C21H23N3O4/c1-28-21(27)17-8-5-9-18(14-17)22-19(25)20(26)24-12-10-23(11-13-24)15-16-6-3-2-4-7-16/h2-9,14H,10-13,15H2,1H3,(H,22,25). The van der Waals surface area contributed by atoms with Crippen molar-refractivity contribution in [2.75, 3.05) is 38.6 Å². The second-order valence-electron chi connectivity index (χ2n) is 6.58. The van der Waals surface area contributed by atoms with Gasteiger partial charge in [0.2, 0.25) is 0 Å². The highest BCUT2D eigenvalue weighted by molar-refractivity contribution is 6.39. The van der Waals surface area contributed by atoms with Gasteiger partial charge in [0.1, 0.15) is 0 Å². The van der Waals surface area contributed by atoms with E-state index in [1.807, 2.05) is 18.2 Å². The van der Waals surface area contributed by atoms with E-state index >= 15 is 0 Å². The van der Waals surface area contributed by atoms with Crippen molar-refractivity contribution >= 4 is 23.5 Å². The van der Waals surface area contributed by atoms with Crippen molar-refractivity contribution in [2.24, 2.45) is 0 Å². The number of hydrogen-bond donors (Lipinski definition) is 1. The van der Waals surface area contributed by atoms with Crippen LogP contribution in [-0.2, 0) is 20.9 Å². The number of nitrogens with one attached hydrogen (secondary N) is 1. The molecule has 0 atom stereocenters. The molecule has 0 unspecified atom stereocenters. The fourth-order valence-corrected chi connectivity index (χ4v) is 3.12. The molecule has 7 nitrogen and oxygen atoms in total. The first kappa shape index (κ1) is 19.6. The Morgan fingerprint density at radius 3 is 2.36 bits per heavy atom. The lowest BCUT2D eigenvalue weighted by atomic mass is 10.2. The number of nitrogens with zero attached hydrogens (tertiary/aromatic N) is 2. The molecule has 1 N–H and O–H groups in total. The summed E-state index contributed by atoms with van der Waals surface area (Å²) in [6.07, 6.45) is 0. The Kier molecular flexibility index (Phi) is 6.39. The lowest BCUT2D eigenvalue weighted by Gasteiger charge is -2.34. The van der Waals surface area contributed by atoms with Gasteiger partial charge in [-0.2, -0.15) is 0 Å². The SMILES string of the molecule is COC(=O)c1cccc(NC(=O)C(=O)N2CCN(Cc3ccccc3)CC2)c1. The summed E-state index contributed by atoms with van der Waals surface area (Å²) in [6, 6.07) is 16.5. The molecule has 28 heavy (non-hydrogen) atoms. The minimum absolute atomic E-state index is 0.308. The highest BCUT2D eigenvalue weighted by atomic mass is 16.5. The van der Waals surface area contributed by atoms with Gasteiger partial charge in [-0.15, -0.1) is 0 Å². The smallest absolute Gasteiger partial charge is 0.337 e. The number of rotatable bonds is 4. The van der Waals surface area contributed by atoms with E-state index in [0.717, 1.165) is 6.54 Å². The van der Waals surface area contributed by atoms with Gasteiger partial charge in [0.05, 0.1) is 12.7 Å². The summed E-state index contributed by atoms with van der Waals surface area (Å²) in [5.74, 6) is -1.78. The minimum Gasteiger partial charge on any atom is -0.465 e. The molecule has 3 rings (SSSR count). The second-order valence-corrected chi connectivity index (χ2v) is 6.58. The van der Waals surface area contributed by atoms with E-state index in [-0.39, 0.29) is 0 Å². The number of hydrogen-bond acceptors (Lipinski definition) is 5. The van der Waals surface area contributed by atoms with Crippen LogP contribution in [0.3, 0.4) is 0 Å². The summed E-state index contributed by atoms with van der Waals surface area (Å²) in [4.78, 5) is 40.1. The number of methoxy groups -OCH3 is 1. The van der Waals surface area contributed by atoms with E-state index in [9.17, 15) is 14.4 Å². The number of carbonyl (C=O) groups excluding carboxylic acids is 3. The van der Waals surface area contributed by atoms with Gasteiger partial charge >= 0.3 is 17.8 Å². The number of piperazine rings is 1. The van der Waals surface area contributed by atoms with Gasteiger partial charge in [-0.3, -0.25) is 14.5 Å². The van der Waals surface area contributed by atoms with Gasteiger partial charge in [-0.05, 0) is 23.8 Å². The van der Waals surface area contributed by atoms with Gasteiger partial charge < -0.3 is 15.0 Å². The van der Waals surface area contributed by atoms with E-state index in [1.54, 1.807) is 23.1 Å². The van der Waals surface area contributed by atoms with E-state index in [0.29, 0.717) is 37.4 Å². The Balaban J connectivity index is 1.52. The maximum absolute atomic E-state index is 12.4. The summed E-state index contributed by atoms with van der Waals surface area (Å²) in [6.45, 7) is 3.26. The van der Waals surface area contributed by atoms with Crippen molar-refractivity contribution < 1.29 is 19.1 Å². The second kappa shape index (κ2) is 9.14. The molecule has 2 aromatic carbocycles. The predicted octanol–water partition coefficient (Wildman–Crippen LogP) is 1.76. The normalized spacial score (nSPS) is 14.4. The zero-order valence-electron chi connectivity index (χ0n) is 15.8. The van der Waals surface area contributed by atoms with Crippen molar-refractivity contribution in [3.8, 4) is 0 Å². The quantitative estimate of drug-likeness (QED) is 0.645. The Morgan fingerprint density at radius 2 is 1.68 bits per heavy atom. The monoisotopic (exact) mass is 381 g/mol. The van der Waals surface area contributed by atoms with Gasteiger partial charge in [-0.25, -0.2) is 4.79 Å². The van der Waals surface area contributed by atoms with Crippen molar-refractivity contribution in [1.82, 2.24) is 9.80 Å². The first-order chi connectivity index (χ1) is 13.6. The molecule has 0 bridgehead atoms. The molecule has 1 aliphatic heterocycles. The molecule has 1 fully saturated rings. The topological polar surface area (TPSA) is 78.9 Å². The molecule has 2 aromatic rings. The van der Waals surface area contributed by atoms with Crippen LogP contribution in [0.1, 0.15) is 15.9 Å². The fourth-order valence-electron chi connectivity index (χ4n) is 3.12. The molecular weight excluding hydrogens is 358 g/mol. The van der Waals surface area contributed by atoms with Crippen molar-refractivity contribution in [3.05, 3.63) is 65.7 Å². The van der Waals surface area contributed by atoms with Crippen molar-refractivity contribution in [2.45, 2.75) is 6.54 Å². The molecule has 1 saturated heterocycles. The van der Waals surface area contributed by atoms with Gasteiger partial charge in [-0.1, -0.05) is 36.4 Å². The first-order valence-electron chi connectivity index (χ1n) is 9.12. The average molecular weight is 381 g/mol. The molecule has 2 amide bonds. The van der Waals surface area contributed by atoms with Crippen molar-refractivity contribution in [3.63, 3.8) is 0 Å². The van der Waals surface area contributed by atoms with Crippen LogP contribution >= 0.6 is 0 Å². The van der Waals surface area contributed by atoms with Crippen LogP contribution in [0.4, 0.5) is 5.69 Å². The largest absolute Gasteiger partial charge is 0.465 e. The number of anilines is 1. The lowest BCUT2D eigenvalue weighted by molar-refractivity contribution is -0.144. The van der Waals surface area contributed by atoms with Gasteiger partial charge in [0, 0.05) is 38.4 Å². The summed E-state index contributed by atoms with van der Waals surface area (Å²) >= 11 is 0. The number of esters is 1. The van der Waals surface area contributed by atoms with Crippen LogP contribution in [0.25, 0.3) is 0 Å². The molecule has 0 aliphatic carbocycles. The highest BCUT2D eigenvalue weighted by Gasteiger charge is 2.26. The number of benzene rings is 2. The average Bonchev–Trinajstić information content (AvgIpc) is 2.74. The predicted molar refractivity (Wildman–Crippen MR) is 105 cm³/mol. The van der Waals surface area contributed by atoms with Crippen LogP contribution in [-0.4, -0.2) is 60.9 Å². The molecule has 7 heteroatoms. The maximum Gasteiger partial charge on any atom is 0.337 e. The fraction of sp³-hybridized carbons (Fsp3) is 0.286. The first-order valence-corrected chi connectivity index (χ1v) is 9.12. The lowest BCUT2D eigenvalue weighted by Crippen LogP contribution is -2.51. The van der Waals surface area contributed by atoms with Crippen LogP contribution in [0, 0.1) is 0 Å². The Bertz CT molecular complexity index is 846. The third kappa shape index (κ3) is 4.95. The summed E-state index contributed by atoms with van der Waals surface area (Å²) in [7, 11) is 1.29. The van der Waals surface area contributed by atoms with Crippen molar-refractivity contribution in [1.29, 1.82) is 0 Å². The Hall–Kier alpha value is -3.19. The zero-order chi connectivity index (χ0) is 19.9. The number of carbonyl (C=O) groups is 3. The molecular formula is C21H23N3O4. The summed E-state index contributed by atoms with van der Waals surface area (Å²) in [5, 5.41) is 2.56. The summed E-state index contributed by atoms with van der Waals surface area (Å²) in [5.41, 5.74) is 1.91. The Morgan fingerprint density at radius 1 is 0.964 bits per heavy atom. The molecule has 146 valence electrons. The van der Waals surface area contributed by atoms with Gasteiger partial charge in [0.25, 0.3) is 0 Å². The summed E-state index contributed by atoms with van der Waals surface area (Å²) < 4.78 is 4.66. The maximum atomic E-state index is 12.4. The molecule has 1 heterocycles. The van der Waals surface area contributed by atoms with E-state index in [1.165, 1.54) is 18.7 Å². The van der Waals surface area contributed by atoms with E-state index < -0.39 is 17.8 Å². The van der Waals surface area contributed by atoms with E-state index in [2.05, 4.69) is 27.1 Å². The zero-order valence-corrected chi connectivity index (χ0v) is 15.8. The van der Waals surface area contributed by atoms with Crippen LogP contribution < -0.4 is 5.32 Å². The third-order valence-electron chi connectivity index (χ3n) is 4.64. The van der Waals surface area contributed by atoms with Gasteiger partial charge in [0.15, 0.2) is 0 Å². The molecule has 1 aliphatic rings. The van der Waals surface area contributed by atoms with Crippen LogP contribution in [0.15, 0.2) is 54.6 Å². The highest BCUT2D eigenvalue weighted by Crippen LogP contribution is 2.13. The van der Waals surface area contributed by atoms with Crippen LogP contribution in [0.5, 0.6) is 0 Å². The van der Waals surface area contributed by atoms with Crippen LogP contribution in [0.2, 0.25) is 0 Å².